The molecule has 4 nitrogen and oxygen atoms in total. The third-order valence-corrected chi connectivity index (χ3v) is 7.99. The summed E-state index contributed by atoms with van der Waals surface area (Å²) in [4.78, 5) is 17.7. The van der Waals surface area contributed by atoms with Crippen molar-refractivity contribution in [2.75, 3.05) is 6.54 Å². The molecule has 29 heavy (non-hydrogen) atoms. The average Bonchev–Trinajstić information content (AvgIpc) is 3.09. The minimum absolute atomic E-state index is 0.139. The van der Waals surface area contributed by atoms with E-state index in [4.69, 9.17) is 0 Å². The van der Waals surface area contributed by atoms with Crippen LogP contribution in [0.5, 0.6) is 0 Å². The van der Waals surface area contributed by atoms with E-state index in [1.807, 2.05) is 19.3 Å². The van der Waals surface area contributed by atoms with Gasteiger partial charge in [0.05, 0.1) is 5.41 Å². The molecular formula is C25H33N3O. The molecule has 0 radical (unpaired) electrons. The second-order valence-electron chi connectivity index (χ2n) is 10.2. The Labute approximate surface area is 174 Å². The minimum atomic E-state index is -0.139. The maximum Gasteiger partial charge on any atom is 0.226 e. The van der Waals surface area contributed by atoms with E-state index in [9.17, 15) is 4.79 Å². The topological polar surface area (TPSA) is 46.9 Å². The van der Waals surface area contributed by atoms with Gasteiger partial charge in [-0.05, 0) is 81.6 Å². The van der Waals surface area contributed by atoms with E-state index >= 15 is 0 Å². The summed E-state index contributed by atoms with van der Waals surface area (Å²) in [6.45, 7) is 5.85. The van der Waals surface area contributed by atoms with Crippen LogP contribution in [0.1, 0.15) is 61.9 Å². The zero-order chi connectivity index (χ0) is 20.1. The van der Waals surface area contributed by atoms with Gasteiger partial charge in [0.1, 0.15) is 5.82 Å². The molecule has 6 rings (SSSR count). The quantitative estimate of drug-likeness (QED) is 0.735. The van der Waals surface area contributed by atoms with Gasteiger partial charge in [0.15, 0.2) is 0 Å². The zero-order valence-corrected chi connectivity index (χ0v) is 17.8. The van der Waals surface area contributed by atoms with Crippen LogP contribution < -0.4 is 5.32 Å². The van der Waals surface area contributed by atoms with Gasteiger partial charge in [-0.2, -0.15) is 0 Å². The molecule has 1 aromatic carbocycles. The van der Waals surface area contributed by atoms with Crippen LogP contribution in [-0.4, -0.2) is 22.0 Å². The lowest BCUT2D eigenvalue weighted by Gasteiger charge is -2.61. The zero-order valence-electron chi connectivity index (χ0n) is 17.8. The van der Waals surface area contributed by atoms with Crippen molar-refractivity contribution in [2.45, 2.75) is 70.8 Å². The van der Waals surface area contributed by atoms with Crippen LogP contribution in [0.2, 0.25) is 0 Å². The normalized spacial score (nSPS) is 32.5. The molecule has 2 atom stereocenters. The van der Waals surface area contributed by atoms with Crippen molar-refractivity contribution in [3.63, 3.8) is 0 Å². The number of imidazole rings is 1. The van der Waals surface area contributed by atoms with Gasteiger partial charge in [-0.3, -0.25) is 4.79 Å². The number of nitrogens with one attached hydrogen (secondary N) is 1. The fourth-order valence-electron chi connectivity index (χ4n) is 7.05. The van der Waals surface area contributed by atoms with E-state index in [2.05, 4.69) is 46.1 Å². The average molecular weight is 392 g/mol. The molecule has 2 aromatic rings. The van der Waals surface area contributed by atoms with Crippen molar-refractivity contribution in [2.24, 2.45) is 17.3 Å². The number of rotatable bonds is 6. The van der Waals surface area contributed by atoms with Gasteiger partial charge < -0.3 is 9.88 Å². The first-order valence-corrected chi connectivity index (χ1v) is 11.3. The molecule has 1 amide bonds. The number of aromatic nitrogens is 2. The monoisotopic (exact) mass is 391 g/mol. The predicted octanol–water partition coefficient (Wildman–Crippen LogP) is 4.54. The second kappa shape index (κ2) is 7.00. The third kappa shape index (κ3) is 3.31. The van der Waals surface area contributed by atoms with Crippen molar-refractivity contribution >= 4 is 5.91 Å². The van der Waals surface area contributed by atoms with E-state index in [-0.39, 0.29) is 10.8 Å². The lowest BCUT2D eigenvalue weighted by atomic mass is 9.42. The summed E-state index contributed by atoms with van der Waals surface area (Å²) in [7, 11) is 0. The van der Waals surface area contributed by atoms with Gasteiger partial charge in [-0.15, -0.1) is 0 Å². The Bertz CT molecular complexity index is 883. The highest BCUT2D eigenvalue weighted by molar-refractivity contribution is 5.83. The van der Waals surface area contributed by atoms with Crippen molar-refractivity contribution in [1.82, 2.24) is 14.9 Å². The Hall–Kier alpha value is -2.10. The fraction of sp³-hybridized carbons (Fsp3) is 0.600. The Balaban J connectivity index is 1.29. The van der Waals surface area contributed by atoms with Gasteiger partial charge in [0, 0.05) is 25.5 Å². The van der Waals surface area contributed by atoms with Crippen LogP contribution >= 0.6 is 0 Å². The smallest absolute Gasteiger partial charge is 0.226 e. The molecule has 1 aromatic heterocycles. The molecule has 2 unspecified atom stereocenters. The Morgan fingerprint density at radius 1 is 1.14 bits per heavy atom. The molecular weight excluding hydrogens is 358 g/mol. The standard InChI is InChI=1S/C25H33N3O/c1-18-4-6-22(7-5-18)24-13-20-12-21(14-24)16-25(15-20,17-24)23(29)27-8-3-10-28-11-9-26-19(28)2/h4-7,9,11,20-21H,3,8,10,12-17H2,1-2H3,(H,27,29). The third-order valence-electron chi connectivity index (χ3n) is 7.99. The minimum Gasteiger partial charge on any atom is -0.356 e. The summed E-state index contributed by atoms with van der Waals surface area (Å²) in [6.07, 6.45) is 12.0. The maximum absolute atomic E-state index is 13.4. The first kappa shape index (κ1) is 18.9. The van der Waals surface area contributed by atoms with Crippen molar-refractivity contribution in [3.05, 3.63) is 53.6 Å². The van der Waals surface area contributed by atoms with Crippen LogP contribution in [0.3, 0.4) is 0 Å². The molecule has 154 valence electrons. The number of aryl methyl sites for hydroxylation is 3. The molecule has 4 aliphatic carbocycles. The highest BCUT2D eigenvalue weighted by Gasteiger charge is 2.60. The largest absolute Gasteiger partial charge is 0.356 e. The van der Waals surface area contributed by atoms with Crippen molar-refractivity contribution in [1.29, 1.82) is 0 Å². The number of amides is 1. The van der Waals surface area contributed by atoms with Gasteiger partial charge in [0.2, 0.25) is 5.91 Å². The number of carbonyl (C=O) groups is 1. The molecule has 4 heteroatoms. The summed E-state index contributed by atoms with van der Waals surface area (Å²) in [6, 6.07) is 9.17. The summed E-state index contributed by atoms with van der Waals surface area (Å²) in [5, 5.41) is 3.33. The molecule has 0 saturated heterocycles. The summed E-state index contributed by atoms with van der Waals surface area (Å²) in [5.74, 6) is 2.80. The van der Waals surface area contributed by atoms with Gasteiger partial charge >= 0.3 is 0 Å². The lowest BCUT2D eigenvalue weighted by molar-refractivity contribution is -0.149. The Kier molecular flexibility index (Phi) is 4.56. The van der Waals surface area contributed by atoms with Crippen LogP contribution in [0.15, 0.2) is 36.7 Å². The van der Waals surface area contributed by atoms with E-state index in [1.165, 1.54) is 30.4 Å². The summed E-state index contributed by atoms with van der Waals surface area (Å²) < 4.78 is 2.16. The number of nitrogens with zero attached hydrogens (tertiary/aromatic N) is 2. The molecule has 1 N–H and O–H groups in total. The molecule has 4 bridgehead atoms. The number of carbonyl (C=O) groups excluding carboxylic acids is 1. The van der Waals surface area contributed by atoms with Gasteiger partial charge in [0.25, 0.3) is 0 Å². The number of benzene rings is 1. The molecule has 4 aliphatic rings. The van der Waals surface area contributed by atoms with Crippen LogP contribution in [0.4, 0.5) is 0 Å². The van der Waals surface area contributed by atoms with Crippen LogP contribution in [0, 0.1) is 31.1 Å². The van der Waals surface area contributed by atoms with Gasteiger partial charge in [-0.1, -0.05) is 29.8 Å². The molecule has 4 fully saturated rings. The first-order valence-electron chi connectivity index (χ1n) is 11.3. The van der Waals surface area contributed by atoms with Crippen molar-refractivity contribution in [3.8, 4) is 0 Å². The van der Waals surface area contributed by atoms with E-state index < -0.39 is 0 Å². The molecule has 1 heterocycles. The highest BCUT2D eigenvalue weighted by atomic mass is 16.2. The van der Waals surface area contributed by atoms with Crippen LogP contribution in [0.25, 0.3) is 0 Å². The molecule has 0 spiro atoms. The highest BCUT2D eigenvalue weighted by Crippen LogP contribution is 2.65. The number of hydrogen-bond acceptors (Lipinski definition) is 2. The van der Waals surface area contributed by atoms with Crippen molar-refractivity contribution < 1.29 is 4.79 Å². The molecule has 0 aliphatic heterocycles. The van der Waals surface area contributed by atoms with Crippen LogP contribution in [-0.2, 0) is 16.8 Å². The molecule has 4 saturated carbocycles. The predicted molar refractivity (Wildman–Crippen MR) is 115 cm³/mol. The van der Waals surface area contributed by atoms with E-state index in [1.54, 1.807) is 0 Å². The first-order chi connectivity index (χ1) is 14.0. The Morgan fingerprint density at radius 3 is 2.52 bits per heavy atom. The summed E-state index contributed by atoms with van der Waals surface area (Å²) >= 11 is 0. The SMILES string of the molecule is Cc1ccc(C23CC4CC(CC(C(=O)NCCCn5ccnc5C)(C4)C2)C3)cc1. The maximum atomic E-state index is 13.4. The van der Waals surface area contributed by atoms with E-state index in [0.29, 0.717) is 5.91 Å². The second-order valence-corrected chi connectivity index (χ2v) is 10.2. The Morgan fingerprint density at radius 2 is 1.86 bits per heavy atom. The number of hydrogen-bond donors (Lipinski definition) is 1. The summed E-state index contributed by atoms with van der Waals surface area (Å²) in [5.41, 5.74) is 2.88. The fourth-order valence-corrected chi connectivity index (χ4v) is 7.05. The van der Waals surface area contributed by atoms with Gasteiger partial charge in [-0.25, -0.2) is 4.98 Å². The van der Waals surface area contributed by atoms with E-state index in [0.717, 1.165) is 56.4 Å². The lowest BCUT2D eigenvalue weighted by Crippen LogP contribution is -2.59.